The molecule has 0 aromatic carbocycles. The van der Waals surface area contributed by atoms with Gasteiger partial charge in [0, 0.05) is 0 Å². The molecule has 0 nitrogen and oxygen atoms in total. The smallest absolute Gasteiger partial charge is 0.0261 e. The first-order valence-electron chi connectivity index (χ1n) is 5.57. The predicted molar refractivity (Wildman–Crippen MR) is 52.9 cm³/mol. The van der Waals surface area contributed by atoms with Gasteiger partial charge in [0.15, 0.2) is 0 Å². The van der Waals surface area contributed by atoms with Gasteiger partial charge in [0.1, 0.15) is 0 Å². The summed E-state index contributed by atoms with van der Waals surface area (Å²) in [6.45, 7) is 9.63. The largest absolute Gasteiger partial charge is 0.0625 e. The van der Waals surface area contributed by atoms with Gasteiger partial charge < -0.3 is 0 Å². The van der Waals surface area contributed by atoms with Crippen molar-refractivity contribution in [2.45, 2.75) is 47.0 Å². The van der Waals surface area contributed by atoms with Crippen LogP contribution in [0, 0.1) is 29.1 Å². The summed E-state index contributed by atoms with van der Waals surface area (Å²) < 4.78 is 0. The van der Waals surface area contributed by atoms with Crippen molar-refractivity contribution in [2.24, 2.45) is 29.1 Å². The molecule has 2 unspecified atom stereocenters. The number of hydrogen-bond acceptors (Lipinski definition) is 0. The molecule has 0 aromatic heterocycles. The summed E-state index contributed by atoms with van der Waals surface area (Å²) >= 11 is 0. The normalized spacial score (nSPS) is 37.5. The average molecular weight is 166 g/mol. The summed E-state index contributed by atoms with van der Waals surface area (Å²) in [5.41, 5.74) is 0.864. The molecule has 1 spiro atoms. The summed E-state index contributed by atoms with van der Waals surface area (Å²) in [6.07, 6.45) is 4.63. The molecule has 0 bridgehead atoms. The van der Waals surface area contributed by atoms with E-state index in [1.54, 1.807) is 19.3 Å². The molecule has 2 saturated carbocycles. The van der Waals surface area contributed by atoms with E-state index in [2.05, 4.69) is 27.7 Å². The van der Waals surface area contributed by atoms with Crippen molar-refractivity contribution in [2.75, 3.05) is 0 Å². The topological polar surface area (TPSA) is 0 Å². The molecular formula is C12H22. The lowest BCUT2D eigenvalue weighted by atomic mass is 9.54. The summed E-state index contributed by atoms with van der Waals surface area (Å²) in [5, 5.41) is 0. The zero-order chi connectivity index (χ0) is 8.93. The van der Waals surface area contributed by atoms with E-state index in [0.29, 0.717) is 0 Å². The molecule has 0 amide bonds. The molecule has 2 aliphatic carbocycles. The molecule has 0 aromatic rings. The maximum absolute atomic E-state index is 2.42. The van der Waals surface area contributed by atoms with Crippen LogP contribution in [-0.2, 0) is 0 Å². The van der Waals surface area contributed by atoms with Crippen LogP contribution in [0.2, 0.25) is 0 Å². The van der Waals surface area contributed by atoms with Crippen molar-refractivity contribution in [1.82, 2.24) is 0 Å². The number of hydrogen-bond donors (Lipinski definition) is 0. The third kappa shape index (κ3) is 1.03. The van der Waals surface area contributed by atoms with Crippen molar-refractivity contribution in [3.05, 3.63) is 0 Å². The fourth-order valence-electron chi connectivity index (χ4n) is 3.58. The zero-order valence-corrected chi connectivity index (χ0v) is 8.93. The van der Waals surface area contributed by atoms with E-state index in [1.165, 1.54) is 0 Å². The molecule has 2 fully saturated rings. The maximum Gasteiger partial charge on any atom is -0.0261 e. The third-order valence-electron chi connectivity index (χ3n) is 4.28. The first-order chi connectivity index (χ1) is 5.57. The van der Waals surface area contributed by atoms with Gasteiger partial charge in [-0.2, -0.15) is 0 Å². The minimum atomic E-state index is 0.864. The Morgan fingerprint density at radius 1 is 1.00 bits per heavy atom. The molecule has 0 N–H and O–H groups in total. The molecule has 0 heterocycles. The van der Waals surface area contributed by atoms with Gasteiger partial charge in [-0.25, -0.2) is 0 Å². The van der Waals surface area contributed by atoms with Crippen LogP contribution in [-0.4, -0.2) is 0 Å². The van der Waals surface area contributed by atoms with Crippen molar-refractivity contribution < 1.29 is 0 Å². The van der Waals surface area contributed by atoms with E-state index in [9.17, 15) is 0 Å². The minimum absolute atomic E-state index is 0.864. The second-order valence-electron chi connectivity index (χ2n) is 5.74. The fraction of sp³-hybridized carbons (Fsp3) is 1.00. The molecule has 70 valence electrons. The Morgan fingerprint density at radius 2 is 1.58 bits per heavy atom. The lowest BCUT2D eigenvalue weighted by Crippen LogP contribution is -2.44. The highest BCUT2D eigenvalue weighted by atomic mass is 14.7. The van der Waals surface area contributed by atoms with Crippen LogP contribution < -0.4 is 0 Å². The Kier molecular flexibility index (Phi) is 1.79. The Hall–Kier alpha value is 0. The van der Waals surface area contributed by atoms with Crippen LogP contribution in [0.3, 0.4) is 0 Å². The first-order valence-corrected chi connectivity index (χ1v) is 5.57. The van der Waals surface area contributed by atoms with Gasteiger partial charge in [0.05, 0.1) is 0 Å². The van der Waals surface area contributed by atoms with Crippen molar-refractivity contribution >= 4 is 0 Å². The predicted octanol–water partition coefficient (Wildman–Crippen LogP) is 3.71. The van der Waals surface area contributed by atoms with Gasteiger partial charge in [-0.1, -0.05) is 27.7 Å². The summed E-state index contributed by atoms with van der Waals surface area (Å²) in [7, 11) is 0. The minimum Gasteiger partial charge on any atom is -0.0625 e. The van der Waals surface area contributed by atoms with Gasteiger partial charge >= 0.3 is 0 Å². The third-order valence-corrected chi connectivity index (χ3v) is 4.28. The molecule has 0 aliphatic heterocycles. The van der Waals surface area contributed by atoms with Gasteiger partial charge in [-0.05, 0) is 48.3 Å². The van der Waals surface area contributed by atoms with Gasteiger partial charge in [0.2, 0.25) is 0 Å². The average Bonchev–Trinajstić information content (AvgIpc) is 2.59. The van der Waals surface area contributed by atoms with E-state index < -0.39 is 0 Å². The van der Waals surface area contributed by atoms with E-state index in [4.69, 9.17) is 0 Å². The Labute approximate surface area is 76.7 Å². The van der Waals surface area contributed by atoms with E-state index in [1.807, 2.05) is 0 Å². The summed E-state index contributed by atoms with van der Waals surface area (Å²) in [6, 6.07) is 0. The molecule has 0 saturated heterocycles. The van der Waals surface area contributed by atoms with Crippen molar-refractivity contribution in [3.8, 4) is 0 Å². The highest BCUT2D eigenvalue weighted by Crippen LogP contribution is 2.70. The molecule has 2 rings (SSSR count). The van der Waals surface area contributed by atoms with E-state index >= 15 is 0 Å². The first kappa shape index (κ1) is 8.59. The number of rotatable bonds is 2. The van der Waals surface area contributed by atoms with Crippen LogP contribution in [0.15, 0.2) is 0 Å². The Balaban J connectivity index is 2.03. The van der Waals surface area contributed by atoms with Crippen LogP contribution in [0.25, 0.3) is 0 Å². The van der Waals surface area contributed by atoms with Crippen LogP contribution >= 0.6 is 0 Å². The van der Waals surface area contributed by atoms with Crippen molar-refractivity contribution in [1.29, 1.82) is 0 Å². The standard InChI is InChI=1S/C12H22/c1-8(2)10-7-12(5-6-12)11(10)9(3)4/h8-11H,5-7H2,1-4H3. The molecular weight excluding hydrogens is 144 g/mol. The SMILES string of the molecule is CC(C)C1CC2(CC2)C1C(C)C. The molecule has 2 atom stereocenters. The fourth-order valence-corrected chi connectivity index (χ4v) is 3.58. The van der Waals surface area contributed by atoms with Crippen LogP contribution in [0.4, 0.5) is 0 Å². The lowest BCUT2D eigenvalue weighted by Gasteiger charge is -2.51. The molecule has 0 radical (unpaired) electrons. The quantitative estimate of drug-likeness (QED) is 0.586. The van der Waals surface area contributed by atoms with Crippen LogP contribution in [0.5, 0.6) is 0 Å². The second-order valence-corrected chi connectivity index (χ2v) is 5.74. The molecule has 0 heteroatoms. The highest BCUT2D eigenvalue weighted by Gasteiger charge is 2.61. The van der Waals surface area contributed by atoms with Gasteiger partial charge in [0.25, 0.3) is 0 Å². The van der Waals surface area contributed by atoms with E-state index in [0.717, 1.165) is 29.1 Å². The Bertz CT molecular complexity index is 174. The van der Waals surface area contributed by atoms with Crippen LogP contribution in [0.1, 0.15) is 47.0 Å². The van der Waals surface area contributed by atoms with E-state index in [-0.39, 0.29) is 0 Å². The zero-order valence-electron chi connectivity index (χ0n) is 8.93. The van der Waals surface area contributed by atoms with Crippen molar-refractivity contribution in [3.63, 3.8) is 0 Å². The second kappa shape index (κ2) is 2.49. The van der Waals surface area contributed by atoms with Gasteiger partial charge in [-0.3, -0.25) is 0 Å². The molecule has 2 aliphatic rings. The van der Waals surface area contributed by atoms with Gasteiger partial charge in [-0.15, -0.1) is 0 Å². The monoisotopic (exact) mass is 166 g/mol. The summed E-state index contributed by atoms with van der Waals surface area (Å²) in [4.78, 5) is 0. The highest BCUT2D eigenvalue weighted by molar-refractivity contribution is 5.11. The lowest BCUT2D eigenvalue weighted by molar-refractivity contribution is -0.0207. The summed E-state index contributed by atoms with van der Waals surface area (Å²) in [5.74, 6) is 3.96. The Morgan fingerprint density at radius 3 is 1.92 bits per heavy atom. The maximum atomic E-state index is 2.42. The molecule has 12 heavy (non-hydrogen) atoms.